The Balaban J connectivity index is 1.94. The van der Waals surface area contributed by atoms with E-state index in [2.05, 4.69) is 36.1 Å². The molecule has 0 spiro atoms. The molecule has 2 heterocycles. The van der Waals surface area contributed by atoms with Gasteiger partial charge in [-0.25, -0.2) is 0 Å². The number of ether oxygens (including phenoxy) is 2. The van der Waals surface area contributed by atoms with E-state index in [1.165, 1.54) is 5.69 Å². The van der Waals surface area contributed by atoms with Crippen molar-refractivity contribution in [2.45, 2.75) is 39.2 Å². The predicted octanol–water partition coefficient (Wildman–Crippen LogP) is 2.04. The minimum Gasteiger partial charge on any atom is -0.383 e. The Morgan fingerprint density at radius 1 is 1.57 bits per heavy atom. The molecule has 2 unspecified atom stereocenters. The molecule has 2 rings (SSSR count). The van der Waals surface area contributed by atoms with Gasteiger partial charge in [0, 0.05) is 50.9 Å². The Hall–Kier alpha value is -0.910. The summed E-state index contributed by atoms with van der Waals surface area (Å²) in [4.78, 5) is 0. The van der Waals surface area contributed by atoms with Gasteiger partial charge in [-0.2, -0.15) is 5.10 Å². The van der Waals surface area contributed by atoms with Crippen LogP contribution in [0.25, 0.3) is 0 Å². The molecule has 2 atom stereocenters. The lowest BCUT2D eigenvalue weighted by molar-refractivity contribution is 0.144. The van der Waals surface area contributed by atoms with Crippen LogP contribution < -0.4 is 5.32 Å². The summed E-state index contributed by atoms with van der Waals surface area (Å²) in [5.74, 6) is 0. The van der Waals surface area contributed by atoms with Crippen LogP contribution in [0.4, 0.5) is 0 Å². The minimum absolute atomic E-state index is 0.183. The smallest absolute Gasteiger partial charge is 0.0631 e. The van der Waals surface area contributed by atoms with Gasteiger partial charge in [0.05, 0.1) is 18.9 Å². The van der Waals surface area contributed by atoms with Gasteiger partial charge >= 0.3 is 0 Å². The molecule has 120 valence electrons. The molecular formula is C16H29N3O2. The molecule has 0 amide bonds. The van der Waals surface area contributed by atoms with Gasteiger partial charge in [-0.15, -0.1) is 0 Å². The first kappa shape index (κ1) is 16.5. The van der Waals surface area contributed by atoms with Crippen LogP contribution in [-0.2, 0) is 15.9 Å². The molecule has 0 aromatic carbocycles. The first-order valence-electron chi connectivity index (χ1n) is 8.00. The number of methoxy groups -OCH3 is 1. The zero-order valence-electron chi connectivity index (χ0n) is 13.6. The molecule has 1 saturated heterocycles. The third-order valence-corrected chi connectivity index (χ3v) is 4.43. The largest absolute Gasteiger partial charge is 0.383 e. The Morgan fingerprint density at radius 2 is 2.43 bits per heavy atom. The fraction of sp³-hybridized carbons (Fsp3) is 0.812. The third-order valence-electron chi connectivity index (χ3n) is 4.43. The van der Waals surface area contributed by atoms with Gasteiger partial charge in [-0.1, -0.05) is 6.92 Å². The van der Waals surface area contributed by atoms with Crippen LogP contribution >= 0.6 is 0 Å². The first-order chi connectivity index (χ1) is 10.2. The zero-order chi connectivity index (χ0) is 15.1. The van der Waals surface area contributed by atoms with Crippen molar-refractivity contribution in [2.75, 3.05) is 40.0 Å². The molecule has 0 aliphatic carbocycles. The fourth-order valence-electron chi connectivity index (χ4n) is 2.81. The van der Waals surface area contributed by atoms with Gasteiger partial charge in [0.25, 0.3) is 0 Å². The van der Waals surface area contributed by atoms with Crippen molar-refractivity contribution >= 4 is 0 Å². The molecule has 1 aliphatic heterocycles. The van der Waals surface area contributed by atoms with Crippen LogP contribution in [0.2, 0.25) is 0 Å². The van der Waals surface area contributed by atoms with Crippen molar-refractivity contribution in [1.82, 2.24) is 15.1 Å². The lowest BCUT2D eigenvalue weighted by Gasteiger charge is -2.27. The van der Waals surface area contributed by atoms with Crippen LogP contribution in [0.15, 0.2) is 12.3 Å². The highest BCUT2D eigenvalue weighted by molar-refractivity contribution is 5.05. The van der Waals surface area contributed by atoms with Gasteiger partial charge in [0.1, 0.15) is 0 Å². The zero-order valence-corrected chi connectivity index (χ0v) is 13.6. The maximum Gasteiger partial charge on any atom is 0.0631 e. The van der Waals surface area contributed by atoms with Crippen molar-refractivity contribution in [1.29, 1.82) is 0 Å². The molecule has 21 heavy (non-hydrogen) atoms. The molecule has 5 nitrogen and oxygen atoms in total. The van der Waals surface area contributed by atoms with Gasteiger partial charge in [-0.05, 0) is 25.8 Å². The number of rotatable bonds is 9. The molecule has 0 bridgehead atoms. The van der Waals surface area contributed by atoms with E-state index in [-0.39, 0.29) is 5.41 Å². The third kappa shape index (κ3) is 4.53. The van der Waals surface area contributed by atoms with Crippen LogP contribution in [0, 0.1) is 5.41 Å². The maximum absolute atomic E-state index is 5.66. The van der Waals surface area contributed by atoms with Gasteiger partial charge in [0.15, 0.2) is 0 Å². The highest BCUT2D eigenvalue weighted by Crippen LogP contribution is 2.31. The summed E-state index contributed by atoms with van der Waals surface area (Å²) in [5, 5.41) is 8.23. The second-order valence-electron chi connectivity index (χ2n) is 6.19. The molecule has 1 N–H and O–H groups in total. The SMILES string of the molecule is CCC(C)n1ccc(CC2(CNCCOC)CCOC2)n1. The maximum atomic E-state index is 5.66. The van der Waals surface area contributed by atoms with Crippen molar-refractivity contribution in [2.24, 2.45) is 5.41 Å². The van der Waals surface area contributed by atoms with Gasteiger partial charge in [-0.3, -0.25) is 4.68 Å². The summed E-state index contributed by atoms with van der Waals surface area (Å²) >= 11 is 0. The summed E-state index contributed by atoms with van der Waals surface area (Å²) in [6, 6.07) is 2.62. The highest BCUT2D eigenvalue weighted by Gasteiger charge is 2.35. The van der Waals surface area contributed by atoms with E-state index in [0.29, 0.717) is 6.04 Å². The predicted molar refractivity (Wildman–Crippen MR) is 83.5 cm³/mol. The Labute approximate surface area is 128 Å². The molecule has 5 heteroatoms. The average Bonchev–Trinajstić information content (AvgIpc) is 3.13. The van der Waals surface area contributed by atoms with Crippen molar-refractivity contribution < 1.29 is 9.47 Å². The molecule has 1 aromatic rings. The second-order valence-corrected chi connectivity index (χ2v) is 6.19. The van der Waals surface area contributed by atoms with E-state index in [4.69, 9.17) is 14.6 Å². The molecule has 0 radical (unpaired) electrons. The minimum atomic E-state index is 0.183. The Bertz CT molecular complexity index is 413. The van der Waals surface area contributed by atoms with Crippen molar-refractivity contribution in [3.05, 3.63) is 18.0 Å². The monoisotopic (exact) mass is 295 g/mol. The standard InChI is InChI=1S/C16H29N3O2/c1-4-14(2)19-8-5-15(18-19)11-16(6-9-21-13-16)12-17-7-10-20-3/h5,8,14,17H,4,6-7,9-13H2,1-3H3. The van der Waals surface area contributed by atoms with Gasteiger partial charge in [0.2, 0.25) is 0 Å². The molecule has 0 saturated carbocycles. The number of nitrogens with zero attached hydrogens (tertiary/aromatic N) is 2. The summed E-state index contributed by atoms with van der Waals surface area (Å²) in [5.41, 5.74) is 1.36. The van der Waals surface area contributed by atoms with Crippen LogP contribution in [0.3, 0.4) is 0 Å². The summed E-state index contributed by atoms with van der Waals surface area (Å²) in [6.45, 7) is 8.68. The number of hydrogen-bond acceptors (Lipinski definition) is 4. The average molecular weight is 295 g/mol. The second kappa shape index (κ2) is 7.92. The van der Waals surface area contributed by atoms with E-state index in [1.54, 1.807) is 7.11 Å². The number of nitrogens with one attached hydrogen (secondary N) is 1. The van der Waals surface area contributed by atoms with Crippen molar-refractivity contribution in [3.8, 4) is 0 Å². The van der Waals surface area contributed by atoms with E-state index in [0.717, 1.165) is 52.2 Å². The normalized spacial score (nSPS) is 23.6. The molecule has 1 fully saturated rings. The highest BCUT2D eigenvalue weighted by atomic mass is 16.5. The number of aromatic nitrogens is 2. The lowest BCUT2D eigenvalue weighted by atomic mass is 9.82. The summed E-state index contributed by atoms with van der Waals surface area (Å²) in [7, 11) is 1.73. The quantitative estimate of drug-likeness (QED) is 0.708. The van der Waals surface area contributed by atoms with Crippen LogP contribution in [-0.4, -0.2) is 49.8 Å². The van der Waals surface area contributed by atoms with Gasteiger partial charge < -0.3 is 14.8 Å². The van der Waals surface area contributed by atoms with Crippen LogP contribution in [0.1, 0.15) is 38.4 Å². The topological polar surface area (TPSA) is 48.3 Å². The Morgan fingerprint density at radius 3 is 3.10 bits per heavy atom. The van der Waals surface area contributed by atoms with E-state index in [1.807, 2.05) is 0 Å². The molecular weight excluding hydrogens is 266 g/mol. The number of hydrogen-bond donors (Lipinski definition) is 1. The molecule has 1 aliphatic rings. The van der Waals surface area contributed by atoms with E-state index in [9.17, 15) is 0 Å². The van der Waals surface area contributed by atoms with E-state index < -0.39 is 0 Å². The lowest BCUT2D eigenvalue weighted by Crippen LogP contribution is -2.38. The first-order valence-corrected chi connectivity index (χ1v) is 8.00. The summed E-state index contributed by atoms with van der Waals surface area (Å²) < 4.78 is 12.8. The molecule has 1 aromatic heterocycles. The van der Waals surface area contributed by atoms with Crippen molar-refractivity contribution in [3.63, 3.8) is 0 Å². The Kier molecular flexibility index (Phi) is 6.21. The van der Waals surface area contributed by atoms with Crippen LogP contribution in [0.5, 0.6) is 0 Å². The summed E-state index contributed by atoms with van der Waals surface area (Å²) in [6.07, 6.45) is 5.29. The van der Waals surface area contributed by atoms with E-state index >= 15 is 0 Å². The fourth-order valence-corrected chi connectivity index (χ4v) is 2.81.